The minimum atomic E-state index is 0.0875. The van der Waals surface area contributed by atoms with Gasteiger partial charge in [0.15, 0.2) is 0 Å². The van der Waals surface area contributed by atoms with Crippen molar-refractivity contribution >= 4 is 17.2 Å². The van der Waals surface area contributed by atoms with Crippen molar-refractivity contribution in [2.24, 2.45) is 0 Å². The first-order valence-corrected chi connectivity index (χ1v) is 8.53. The fourth-order valence-corrected chi connectivity index (χ4v) is 3.64. The van der Waals surface area contributed by atoms with Gasteiger partial charge in [0.2, 0.25) is 0 Å². The molecule has 1 saturated heterocycles. The van der Waals surface area contributed by atoms with Crippen LogP contribution in [0, 0.1) is 0 Å². The molecule has 1 atom stereocenters. The maximum absolute atomic E-state index is 12.6. The number of hydrogen-bond acceptors (Lipinski definition) is 4. The Morgan fingerprint density at radius 2 is 2.04 bits per heavy atom. The smallest absolute Gasteiger partial charge is 0.253 e. The molecular weight excluding hydrogens is 308 g/mol. The molecule has 1 amide bonds. The van der Waals surface area contributed by atoms with E-state index in [0.717, 1.165) is 24.1 Å². The van der Waals surface area contributed by atoms with E-state index in [4.69, 9.17) is 0 Å². The van der Waals surface area contributed by atoms with Crippen LogP contribution in [0.15, 0.2) is 53.5 Å². The van der Waals surface area contributed by atoms with Gasteiger partial charge in [-0.1, -0.05) is 17.3 Å². The highest BCUT2D eigenvalue weighted by Gasteiger charge is 2.28. The minimum Gasteiger partial charge on any atom is -0.336 e. The quantitative estimate of drug-likeness (QED) is 0.744. The Morgan fingerprint density at radius 1 is 1.17 bits per heavy atom. The maximum atomic E-state index is 12.6. The van der Waals surface area contributed by atoms with E-state index in [0.29, 0.717) is 6.54 Å². The third-order valence-corrected chi connectivity index (χ3v) is 4.94. The van der Waals surface area contributed by atoms with Gasteiger partial charge in [0, 0.05) is 24.8 Å². The second-order valence-electron chi connectivity index (χ2n) is 5.67. The first kappa shape index (κ1) is 14.1. The van der Waals surface area contributed by atoms with E-state index in [9.17, 15) is 4.79 Å². The summed E-state index contributed by atoms with van der Waals surface area (Å²) in [6.45, 7) is 1.45. The van der Waals surface area contributed by atoms with E-state index in [1.54, 1.807) is 17.5 Å². The Bertz CT molecular complexity index is 781. The number of nitrogens with zero attached hydrogens (tertiary/aromatic N) is 4. The van der Waals surface area contributed by atoms with E-state index in [-0.39, 0.29) is 11.9 Å². The van der Waals surface area contributed by atoms with Crippen LogP contribution in [-0.2, 0) is 0 Å². The van der Waals surface area contributed by atoms with Crippen LogP contribution in [0.2, 0.25) is 0 Å². The first-order valence-electron chi connectivity index (χ1n) is 7.59. The zero-order valence-electron chi connectivity index (χ0n) is 12.5. The molecule has 1 aliphatic heterocycles. The monoisotopic (exact) mass is 324 g/mol. The molecule has 0 N–H and O–H groups in total. The molecule has 1 aliphatic rings. The van der Waals surface area contributed by atoms with Crippen LogP contribution < -0.4 is 0 Å². The van der Waals surface area contributed by atoms with Crippen LogP contribution in [0.3, 0.4) is 0 Å². The molecule has 0 bridgehead atoms. The van der Waals surface area contributed by atoms with Gasteiger partial charge < -0.3 is 4.90 Å². The van der Waals surface area contributed by atoms with Crippen molar-refractivity contribution in [3.63, 3.8) is 0 Å². The van der Waals surface area contributed by atoms with Crippen LogP contribution in [0.1, 0.15) is 22.8 Å². The lowest BCUT2D eigenvalue weighted by Gasteiger charge is -2.16. The van der Waals surface area contributed by atoms with Crippen molar-refractivity contribution in [1.82, 2.24) is 19.9 Å². The molecule has 3 aromatic rings. The van der Waals surface area contributed by atoms with Gasteiger partial charge in [-0.15, -0.1) is 5.10 Å². The molecule has 0 aliphatic carbocycles. The molecule has 2 aromatic heterocycles. The zero-order valence-corrected chi connectivity index (χ0v) is 13.3. The molecular formula is C17H16N4OS. The third kappa shape index (κ3) is 2.77. The Kier molecular flexibility index (Phi) is 3.67. The second kappa shape index (κ2) is 5.96. The van der Waals surface area contributed by atoms with E-state index in [2.05, 4.69) is 27.1 Å². The van der Waals surface area contributed by atoms with Gasteiger partial charge in [-0.05, 0) is 46.5 Å². The van der Waals surface area contributed by atoms with E-state index in [1.165, 1.54) is 5.56 Å². The molecule has 1 unspecified atom stereocenters. The number of carbonyl (C=O) groups is 1. The van der Waals surface area contributed by atoms with Gasteiger partial charge in [0.25, 0.3) is 5.91 Å². The standard InChI is InChI=1S/C17H16N4OS/c22-17(20-8-5-16(11-20)21-9-7-18-19-21)14-3-1-13(2-4-14)15-6-10-23-12-15/h1-4,6-7,9-10,12,16H,5,8,11H2. The summed E-state index contributed by atoms with van der Waals surface area (Å²) in [5.41, 5.74) is 3.08. The Hall–Kier alpha value is -2.47. The summed E-state index contributed by atoms with van der Waals surface area (Å²) in [6.07, 6.45) is 4.45. The number of benzene rings is 1. The van der Waals surface area contributed by atoms with Gasteiger partial charge in [-0.25, -0.2) is 4.68 Å². The highest BCUT2D eigenvalue weighted by atomic mass is 32.1. The third-order valence-electron chi connectivity index (χ3n) is 4.25. The second-order valence-corrected chi connectivity index (χ2v) is 6.45. The van der Waals surface area contributed by atoms with Crippen molar-refractivity contribution in [1.29, 1.82) is 0 Å². The van der Waals surface area contributed by atoms with Gasteiger partial charge in [-0.2, -0.15) is 11.3 Å². The number of likely N-dealkylation sites (tertiary alicyclic amines) is 1. The predicted molar refractivity (Wildman–Crippen MR) is 89.3 cm³/mol. The fraction of sp³-hybridized carbons (Fsp3) is 0.235. The molecule has 1 fully saturated rings. The molecule has 116 valence electrons. The molecule has 0 saturated carbocycles. The number of carbonyl (C=O) groups excluding carboxylic acids is 1. The largest absolute Gasteiger partial charge is 0.336 e. The van der Waals surface area contributed by atoms with E-state index >= 15 is 0 Å². The van der Waals surface area contributed by atoms with Crippen molar-refractivity contribution in [2.75, 3.05) is 13.1 Å². The molecule has 5 nitrogen and oxygen atoms in total. The molecule has 0 radical (unpaired) electrons. The minimum absolute atomic E-state index is 0.0875. The molecule has 1 aromatic carbocycles. The average molecular weight is 324 g/mol. The summed E-state index contributed by atoms with van der Waals surface area (Å²) < 4.78 is 1.84. The lowest BCUT2D eigenvalue weighted by Crippen LogP contribution is -2.29. The number of rotatable bonds is 3. The summed E-state index contributed by atoms with van der Waals surface area (Å²) in [7, 11) is 0. The van der Waals surface area contributed by atoms with Crippen LogP contribution >= 0.6 is 11.3 Å². The van der Waals surface area contributed by atoms with E-state index < -0.39 is 0 Å². The zero-order chi connectivity index (χ0) is 15.6. The fourth-order valence-electron chi connectivity index (χ4n) is 2.97. The van der Waals surface area contributed by atoms with Crippen LogP contribution in [0.5, 0.6) is 0 Å². The van der Waals surface area contributed by atoms with Crippen molar-refractivity contribution in [2.45, 2.75) is 12.5 Å². The summed E-state index contributed by atoms with van der Waals surface area (Å²) in [5.74, 6) is 0.0875. The van der Waals surface area contributed by atoms with Gasteiger partial charge in [0.05, 0.1) is 12.2 Å². The molecule has 0 spiro atoms. The highest BCUT2D eigenvalue weighted by molar-refractivity contribution is 7.08. The average Bonchev–Trinajstić information content (AvgIpc) is 3.36. The first-order chi connectivity index (χ1) is 11.3. The Labute approximate surface area is 138 Å². The molecule has 23 heavy (non-hydrogen) atoms. The maximum Gasteiger partial charge on any atom is 0.253 e. The van der Waals surface area contributed by atoms with Crippen molar-refractivity contribution in [3.8, 4) is 11.1 Å². The predicted octanol–water partition coefficient (Wildman–Crippen LogP) is 3.09. The molecule has 4 rings (SSSR count). The number of hydrogen-bond donors (Lipinski definition) is 0. The lowest BCUT2D eigenvalue weighted by molar-refractivity contribution is 0.0787. The number of thiophene rings is 1. The summed E-state index contributed by atoms with van der Waals surface area (Å²) in [6, 6.07) is 10.2. The SMILES string of the molecule is O=C(c1ccc(-c2ccsc2)cc1)N1CCC(n2ccnn2)C1. The van der Waals surface area contributed by atoms with Crippen molar-refractivity contribution < 1.29 is 4.79 Å². The lowest BCUT2D eigenvalue weighted by atomic mass is 10.1. The number of amides is 1. The van der Waals surface area contributed by atoms with Crippen molar-refractivity contribution in [3.05, 3.63) is 59.0 Å². The summed E-state index contributed by atoms with van der Waals surface area (Å²) >= 11 is 1.68. The highest BCUT2D eigenvalue weighted by Crippen LogP contribution is 2.25. The molecule has 3 heterocycles. The van der Waals surface area contributed by atoms with Gasteiger partial charge >= 0.3 is 0 Å². The van der Waals surface area contributed by atoms with E-state index in [1.807, 2.05) is 40.0 Å². The van der Waals surface area contributed by atoms with Gasteiger partial charge in [-0.3, -0.25) is 4.79 Å². The van der Waals surface area contributed by atoms with Crippen LogP contribution in [-0.4, -0.2) is 38.9 Å². The summed E-state index contributed by atoms with van der Waals surface area (Å²) in [4.78, 5) is 14.5. The topological polar surface area (TPSA) is 51.0 Å². The Balaban J connectivity index is 1.47. The number of aromatic nitrogens is 3. The van der Waals surface area contributed by atoms with Gasteiger partial charge in [0.1, 0.15) is 0 Å². The van der Waals surface area contributed by atoms with Crippen LogP contribution in [0.25, 0.3) is 11.1 Å². The summed E-state index contributed by atoms with van der Waals surface area (Å²) in [5, 5.41) is 12.0. The normalized spacial score (nSPS) is 17.6. The molecule has 6 heteroatoms. The van der Waals surface area contributed by atoms with Crippen LogP contribution in [0.4, 0.5) is 0 Å². The Morgan fingerprint density at radius 3 is 2.74 bits per heavy atom.